The Labute approximate surface area is 101 Å². The van der Waals surface area contributed by atoms with Gasteiger partial charge in [0.25, 0.3) is 0 Å². The molecule has 1 N–H and O–H groups in total. The summed E-state index contributed by atoms with van der Waals surface area (Å²) in [4.78, 5) is 0. The summed E-state index contributed by atoms with van der Waals surface area (Å²) in [5.41, 5.74) is 0.548. The third-order valence-electron chi connectivity index (χ3n) is 1.89. The smallest absolute Gasteiger partial charge is 0.125 e. The van der Waals surface area contributed by atoms with Gasteiger partial charge in [0, 0.05) is 4.47 Å². The van der Waals surface area contributed by atoms with E-state index in [2.05, 4.69) is 27.3 Å². The number of anilines is 1. The summed E-state index contributed by atoms with van der Waals surface area (Å²) in [7, 11) is 0. The molecule has 1 aromatic carbocycles. The van der Waals surface area contributed by atoms with Gasteiger partial charge in [0.2, 0.25) is 0 Å². The number of nitrogens with zero attached hydrogens (tertiary/aromatic N) is 1. The highest BCUT2D eigenvalue weighted by Crippen LogP contribution is 2.32. The maximum Gasteiger partial charge on any atom is 0.125 e. The molecule has 0 aromatic heterocycles. The van der Waals surface area contributed by atoms with Crippen LogP contribution in [0.3, 0.4) is 0 Å². The molecule has 1 aromatic rings. The van der Waals surface area contributed by atoms with Gasteiger partial charge in [-0.25, -0.2) is 4.39 Å². The van der Waals surface area contributed by atoms with Crippen molar-refractivity contribution in [3.8, 4) is 6.07 Å². The van der Waals surface area contributed by atoms with Crippen LogP contribution in [0.25, 0.3) is 0 Å². The number of rotatable bonds is 3. The highest BCUT2D eigenvalue weighted by atomic mass is 79.9. The summed E-state index contributed by atoms with van der Waals surface area (Å²) in [6, 6.07) is 4.27. The SMILES string of the molecule is CCC(C#N)Nc1c(Cl)cc(F)cc1Br. The molecule has 2 nitrogen and oxygen atoms in total. The lowest BCUT2D eigenvalue weighted by Gasteiger charge is -2.13. The number of halogens is 3. The molecule has 0 radical (unpaired) electrons. The van der Waals surface area contributed by atoms with E-state index >= 15 is 0 Å². The van der Waals surface area contributed by atoms with Crippen molar-refractivity contribution in [3.63, 3.8) is 0 Å². The molecule has 0 amide bonds. The summed E-state index contributed by atoms with van der Waals surface area (Å²) in [5.74, 6) is -0.414. The molecule has 15 heavy (non-hydrogen) atoms. The largest absolute Gasteiger partial charge is 0.368 e. The molecule has 0 aliphatic carbocycles. The van der Waals surface area contributed by atoms with Gasteiger partial charge in [-0.1, -0.05) is 18.5 Å². The molecule has 80 valence electrons. The highest BCUT2D eigenvalue weighted by molar-refractivity contribution is 9.10. The molecule has 1 rings (SSSR count). The summed E-state index contributed by atoms with van der Waals surface area (Å²) >= 11 is 9.04. The third kappa shape index (κ3) is 3.08. The fourth-order valence-electron chi connectivity index (χ4n) is 1.08. The zero-order valence-corrected chi connectivity index (χ0v) is 10.4. The van der Waals surface area contributed by atoms with Crippen molar-refractivity contribution in [2.75, 3.05) is 5.32 Å². The molecule has 0 fully saturated rings. The Kier molecular flexibility index (Phi) is 4.37. The predicted molar refractivity (Wildman–Crippen MR) is 62.4 cm³/mol. The lowest BCUT2D eigenvalue weighted by molar-refractivity contribution is 0.627. The first kappa shape index (κ1) is 12.3. The molecule has 0 bridgehead atoms. The third-order valence-corrected chi connectivity index (χ3v) is 2.81. The van der Waals surface area contributed by atoms with Crippen LogP contribution < -0.4 is 5.32 Å². The van der Waals surface area contributed by atoms with Crippen LogP contribution in [0.15, 0.2) is 16.6 Å². The van der Waals surface area contributed by atoms with Crippen molar-refractivity contribution >= 4 is 33.2 Å². The van der Waals surface area contributed by atoms with Gasteiger partial charge >= 0.3 is 0 Å². The Morgan fingerprint density at radius 2 is 2.33 bits per heavy atom. The predicted octanol–water partition coefficient (Wildman–Crippen LogP) is 3.96. The molecule has 0 spiro atoms. The van der Waals surface area contributed by atoms with Crippen LogP contribution in [0.2, 0.25) is 5.02 Å². The molecule has 0 aliphatic rings. The lowest BCUT2D eigenvalue weighted by atomic mass is 10.2. The summed E-state index contributed by atoms with van der Waals surface area (Å²) in [5, 5.41) is 12.0. The monoisotopic (exact) mass is 290 g/mol. The van der Waals surface area contributed by atoms with Gasteiger partial charge in [-0.05, 0) is 34.5 Å². The van der Waals surface area contributed by atoms with Crippen LogP contribution in [-0.2, 0) is 0 Å². The fourth-order valence-corrected chi connectivity index (χ4v) is 2.00. The second kappa shape index (κ2) is 5.34. The quantitative estimate of drug-likeness (QED) is 0.915. The van der Waals surface area contributed by atoms with Crippen molar-refractivity contribution in [1.82, 2.24) is 0 Å². The number of hydrogen-bond acceptors (Lipinski definition) is 2. The van der Waals surface area contributed by atoms with E-state index in [-0.39, 0.29) is 11.1 Å². The van der Waals surface area contributed by atoms with Gasteiger partial charge in [-0.15, -0.1) is 0 Å². The van der Waals surface area contributed by atoms with Crippen molar-refractivity contribution in [2.45, 2.75) is 19.4 Å². The molecule has 0 aliphatic heterocycles. The van der Waals surface area contributed by atoms with E-state index in [1.165, 1.54) is 12.1 Å². The van der Waals surface area contributed by atoms with Crippen molar-refractivity contribution in [3.05, 3.63) is 27.4 Å². The highest BCUT2D eigenvalue weighted by Gasteiger charge is 2.11. The van der Waals surface area contributed by atoms with Crippen molar-refractivity contribution < 1.29 is 4.39 Å². The van der Waals surface area contributed by atoms with Crippen LogP contribution in [0.5, 0.6) is 0 Å². The number of benzene rings is 1. The summed E-state index contributed by atoms with van der Waals surface area (Å²) in [6.45, 7) is 1.88. The fraction of sp³-hybridized carbons (Fsp3) is 0.300. The van der Waals surface area contributed by atoms with Gasteiger partial charge in [-0.3, -0.25) is 0 Å². The van der Waals surface area contributed by atoms with E-state index in [0.717, 1.165) is 0 Å². The minimum atomic E-state index is -0.414. The summed E-state index contributed by atoms with van der Waals surface area (Å²) in [6.07, 6.45) is 0.649. The second-order valence-corrected chi connectivity index (χ2v) is 4.24. The molecule has 0 saturated carbocycles. The first-order chi connectivity index (χ1) is 7.08. The lowest BCUT2D eigenvalue weighted by Crippen LogP contribution is -2.16. The molecule has 5 heteroatoms. The molecule has 0 heterocycles. The topological polar surface area (TPSA) is 35.8 Å². The van der Waals surface area contributed by atoms with E-state index in [0.29, 0.717) is 16.6 Å². The van der Waals surface area contributed by atoms with Crippen LogP contribution >= 0.6 is 27.5 Å². The van der Waals surface area contributed by atoms with Crippen LogP contribution in [0.1, 0.15) is 13.3 Å². The van der Waals surface area contributed by atoms with Gasteiger partial charge in [0.1, 0.15) is 11.9 Å². The minimum absolute atomic E-state index is 0.260. The summed E-state index contributed by atoms with van der Waals surface area (Å²) < 4.78 is 13.4. The van der Waals surface area contributed by atoms with Gasteiger partial charge in [-0.2, -0.15) is 5.26 Å². The zero-order chi connectivity index (χ0) is 11.4. The molecule has 1 unspecified atom stereocenters. The average Bonchev–Trinajstić information content (AvgIpc) is 2.17. The van der Waals surface area contributed by atoms with Crippen molar-refractivity contribution in [1.29, 1.82) is 5.26 Å². The van der Waals surface area contributed by atoms with Crippen LogP contribution in [-0.4, -0.2) is 6.04 Å². The van der Waals surface area contributed by atoms with Gasteiger partial charge in [0.15, 0.2) is 0 Å². The Bertz CT molecular complexity index is 380. The van der Waals surface area contributed by atoms with E-state index < -0.39 is 5.82 Å². The van der Waals surface area contributed by atoms with E-state index in [4.69, 9.17) is 16.9 Å². The van der Waals surface area contributed by atoms with Crippen LogP contribution in [0, 0.1) is 17.1 Å². The van der Waals surface area contributed by atoms with Gasteiger partial charge in [0.05, 0.1) is 16.8 Å². The Morgan fingerprint density at radius 1 is 1.67 bits per heavy atom. The number of nitriles is 1. The Morgan fingerprint density at radius 3 is 2.80 bits per heavy atom. The zero-order valence-electron chi connectivity index (χ0n) is 8.02. The van der Waals surface area contributed by atoms with Gasteiger partial charge < -0.3 is 5.32 Å². The molecular formula is C10H9BrClFN2. The van der Waals surface area contributed by atoms with Crippen molar-refractivity contribution in [2.24, 2.45) is 0 Å². The number of hydrogen-bond donors (Lipinski definition) is 1. The van der Waals surface area contributed by atoms with Crippen LogP contribution in [0.4, 0.5) is 10.1 Å². The standard InChI is InChI=1S/C10H9BrClFN2/c1-2-7(5-14)15-10-8(11)3-6(13)4-9(10)12/h3-4,7,15H,2H2,1H3. The van der Waals surface area contributed by atoms with E-state index in [1.807, 2.05) is 6.92 Å². The normalized spacial score (nSPS) is 11.9. The first-order valence-corrected chi connectivity index (χ1v) is 5.56. The molecule has 0 saturated heterocycles. The van der Waals surface area contributed by atoms with E-state index in [9.17, 15) is 4.39 Å². The minimum Gasteiger partial charge on any atom is -0.368 e. The second-order valence-electron chi connectivity index (χ2n) is 2.98. The Hall–Kier alpha value is -0.790. The average molecular weight is 292 g/mol. The maximum absolute atomic E-state index is 12.9. The first-order valence-electron chi connectivity index (χ1n) is 4.39. The number of nitrogens with one attached hydrogen (secondary N) is 1. The van der Waals surface area contributed by atoms with E-state index in [1.54, 1.807) is 0 Å². The molecule has 1 atom stereocenters. The molecular weight excluding hydrogens is 282 g/mol. The Balaban J connectivity index is 3.00. The maximum atomic E-state index is 12.9.